The van der Waals surface area contributed by atoms with Crippen LogP contribution in [-0.2, 0) is 5.41 Å². The summed E-state index contributed by atoms with van der Waals surface area (Å²) in [6.07, 6.45) is 3.98. The molecule has 8 heteroatoms. The molecule has 1 unspecified atom stereocenters. The standard InChI is InChI=1S/C61H33N7S/c1-63-37-23-26-56-46(29-37)45-28-36(33-62)22-25-55(45)68(56)40-32-50-60(65-35-40)59-49(31-39(34-64-59)67-53-19-9-4-14-43(53)44-15-5-10-20-54(44)67)61(50)47-16-6-11-21-57(47)69-58-27-24-38(30-48(58)61)66-51-17-7-2-12-41(51)42-13-3-8-18-52(42)66/h2-32,34-35H. The number of fused-ring (bicyclic) bond motifs is 18. The average Bonchev–Trinajstić information content (AvgIpc) is 4.12. The smallest absolute Gasteiger partial charge is 0.188 e. The fourth-order valence-corrected chi connectivity index (χ4v) is 13.0. The Bertz CT molecular complexity index is 4340. The SMILES string of the molecule is [C-]#[N+]c1ccc2c(c1)c1cc(C#N)ccc1n2-c1cnc2c(c1)C1(c3ccccc3Sc3ccc(-n4c5ccccc5c5ccccc54)cc31)c1cc(-n3c4ccccc4c4ccccc43)cnc1-2. The van der Waals surface area contributed by atoms with E-state index in [1.54, 1.807) is 0 Å². The molecular formula is C61H33N7S. The van der Waals surface area contributed by atoms with Crippen molar-refractivity contribution >= 4 is 82.9 Å². The van der Waals surface area contributed by atoms with Crippen LogP contribution >= 0.6 is 11.8 Å². The highest BCUT2D eigenvalue weighted by molar-refractivity contribution is 7.99. The van der Waals surface area contributed by atoms with E-state index < -0.39 is 5.41 Å². The molecule has 1 aliphatic heterocycles. The Hall–Kier alpha value is -9.21. The van der Waals surface area contributed by atoms with Crippen molar-refractivity contribution in [3.8, 4) is 34.5 Å². The topological polar surface area (TPSA) is 68.7 Å². The van der Waals surface area contributed by atoms with Gasteiger partial charge in [-0.25, -0.2) is 4.85 Å². The number of aromatic nitrogens is 5. The van der Waals surface area contributed by atoms with Crippen molar-refractivity contribution in [1.82, 2.24) is 23.7 Å². The van der Waals surface area contributed by atoms with Crippen molar-refractivity contribution in [3.63, 3.8) is 0 Å². The summed E-state index contributed by atoms with van der Waals surface area (Å²) in [7, 11) is 0. The first-order valence-electron chi connectivity index (χ1n) is 22.9. The van der Waals surface area contributed by atoms with E-state index in [0.717, 1.165) is 93.9 Å². The molecular weight excluding hydrogens is 863 g/mol. The highest BCUT2D eigenvalue weighted by Crippen LogP contribution is 2.62. The second kappa shape index (κ2) is 13.9. The third kappa shape index (κ3) is 5.00. The number of para-hydroxylation sites is 4. The second-order valence-electron chi connectivity index (χ2n) is 17.9. The number of nitrogens with zero attached hydrogens (tertiary/aromatic N) is 7. The number of hydrogen-bond acceptors (Lipinski definition) is 4. The van der Waals surface area contributed by atoms with E-state index in [0.29, 0.717) is 11.3 Å². The van der Waals surface area contributed by atoms with Crippen molar-refractivity contribution in [2.24, 2.45) is 0 Å². The van der Waals surface area contributed by atoms with Crippen LogP contribution in [0.5, 0.6) is 0 Å². The van der Waals surface area contributed by atoms with Crippen LogP contribution in [0, 0.1) is 17.9 Å². The molecule has 318 valence electrons. The monoisotopic (exact) mass is 895 g/mol. The van der Waals surface area contributed by atoms with E-state index in [-0.39, 0.29) is 0 Å². The van der Waals surface area contributed by atoms with E-state index in [1.165, 1.54) is 32.0 Å². The van der Waals surface area contributed by atoms with Gasteiger partial charge in [0.1, 0.15) is 0 Å². The fourth-order valence-electron chi connectivity index (χ4n) is 11.8. The van der Waals surface area contributed by atoms with E-state index in [9.17, 15) is 5.26 Å². The molecule has 8 aromatic carbocycles. The fraction of sp³-hybridized carbons (Fsp3) is 0.0164. The van der Waals surface area contributed by atoms with Gasteiger partial charge in [0, 0.05) is 53.5 Å². The first kappa shape index (κ1) is 38.0. The zero-order chi connectivity index (χ0) is 45.5. The van der Waals surface area contributed by atoms with Crippen molar-refractivity contribution < 1.29 is 0 Å². The van der Waals surface area contributed by atoms with Gasteiger partial charge in [-0.3, -0.25) is 9.97 Å². The number of hydrogen-bond donors (Lipinski definition) is 0. The number of pyridine rings is 2. The Morgan fingerprint density at radius 2 is 0.899 bits per heavy atom. The largest absolute Gasteiger partial charge is 0.309 e. The number of benzene rings is 8. The normalized spacial score (nSPS) is 14.6. The van der Waals surface area contributed by atoms with Crippen LogP contribution in [0.3, 0.4) is 0 Å². The highest BCUT2D eigenvalue weighted by atomic mass is 32.2. The van der Waals surface area contributed by atoms with Crippen LogP contribution in [0.4, 0.5) is 5.69 Å². The third-order valence-electron chi connectivity index (χ3n) is 14.6. The minimum Gasteiger partial charge on any atom is -0.309 e. The van der Waals surface area contributed by atoms with E-state index in [1.807, 2.05) is 60.6 Å². The van der Waals surface area contributed by atoms with Gasteiger partial charge in [-0.1, -0.05) is 109 Å². The number of nitriles is 1. The van der Waals surface area contributed by atoms with Crippen LogP contribution < -0.4 is 0 Å². The lowest BCUT2D eigenvalue weighted by molar-refractivity contribution is 0.717. The van der Waals surface area contributed by atoms with Gasteiger partial charge in [-0.05, 0) is 108 Å². The van der Waals surface area contributed by atoms with Gasteiger partial charge in [-0.2, -0.15) is 5.26 Å². The molecule has 2 aliphatic rings. The predicted molar refractivity (Wildman–Crippen MR) is 277 cm³/mol. The molecule has 0 bridgehead atoms. The lowest BCUT2D eigenvalue weighted by atomic mass is 9.67. The summed E-state index contributed by atoms with van der Waals surface area (Å²) in [6.45, 7) is 7.88. The van der Waals surface area contributed by atoms with E-state index in [2.05, 4.69) is 176 Å². The Balaban J connectivity index is 1.07. The summed E-state index contributed by atoms with van der Waals surface area (Å²) in [5.74, 6) is 0. The molecule has 0 radical (unpaired) electrons. The van der Waals surface area contributed by atoms with Crippen molar-refractivity contribution in [2.75, 3.05) is 0 Å². The van der Waals surface area contributed by atoms with Gasteiger partial charge in [0.05, 0.1) is 91.9 Å². The lowest BCUT2D eigenvalue weighted by Crippen LogP contribution is -2.32. The summed E-state index contributed by atoms with van der Waals surface area (Å²) >= 11 is 1.81. The van der Waals surface area contributed by atoms with Crippen LogP contribution in [0.1, 0.15) is 27.8 Å². The predicted octanol–water partition coefficient (Wildman–Crippen LogP) is 15.0. The van der Waals surface area contributed by atoms with Gasteiger partial charge in [0.15, 0.2) is 5.69 Å². The molecule has 0 amide bonds. The van der Waals surface area contributed by atoms with Crippen LogP contribution in [0.25, 0.3) is 98.7 Å². The highest BCUT2D eigenvalue weighted by Gasteiger charge is 2.52. The molecule has 69 heavy (non-hydrogen) atoms. The molecule has 1 aliphatic carbocycles. The maximum absolute atomic E-state index is 10.0. The molecule has 0 N–H and O–H groups in total. The van der Waals surface area contributed by atoms with E-state index >= 15 is 0 Å². The van der Waals surface area contributed by atoms with Crippen molar-refractivity contribution in [1.29, 1.82) is 5.26 Å². The summed E-state index contributed by atoms with van der Waals surface area (Å²) in [5.41, 5.74) is 15.7. The van der Waals surface area contributed by atoms with Gasteiger partial charge in [0.25, 0.3) is 0 Å². The van der Waals surface area contributed by atoms with Gasteiger partial charge in [0.2, 0.25) is 0 Å². The maximum atomic E-state index is 10.0. The zero-order valence-corrected chi connectivity index (χ0v) is 37.4. The molecule has 5 aromatic heterocycles. The molecule has 1 atom stereocenters. The van der Waals surface area contributed by atoms with Gasteiger partial charge in [-0.15, -0.1) is 0 Å². The molecule has 0 fully saturated rings. The molecule has 15 rings (SSSR count). The second-order valence-corrected chi connectivity index (χ2v) is 19.0. The molecule has 6 heterocycles. The third-order valence-corrected chi connectivity index (χ3v) is 15.8. The summed E-state index contributed by atoms with van der Waals surface area (Å²) in [6, 6.07) is 69.2. The first-order valence-corrected chi connectivity index (χ1v) is 23.7. The van der Waals surface area contributed by atoms with Crippen LogP contribution in [-0.4, -0.2) is 23.7 Å². The molecule has 0 saturated heterocycles. The van der Waals surface area contributed by atoms with Crippen LogP contribution in [0.15, 0.2) is 210 Å². The average molecular weight is 896 g/mol. The first-order chi connectivity index (χ1) is 34.1. The minimum absolute atomic E-state index is 0.544. The summed E-state index contributed by atoms with van der Waals surface area (Å²) < 4.78 is 7.00. The van der Waals surface area contributed by atoms with Gasteiger partial charge >= 0.3 is 0 Å². The number of rotatable bonds is 3. The Kier molecular flexibility index (Phi) is 7.65. The molecule has 1 spiro atoms. The van der Waals surface area contributed by atoms with Crippen LogP contribution in [0.2, 0.25) is 0 Å². The maximum Gasteiger partial charge on any atom is 0.188 e. The summed E-state index contributed by atoms with van der Waals surface area (Å²) in [5, 5.41) is 16.6. The minimum atomic E-state index is -0.870. The summed E-state index contributed by atoms with van der Waals surface area (Å²) in [4.78, 5) is 17.1. The van der Waals surface area contributed by atoms with Crippen molar-refractivity contribution in [3.05, 3.63) is 240 Å². The molecule has 13 aromatic rings. The van der Waals surface area contributed by atoms with E-state index in [4.69, 9.17) is 16.5 Å². The zero-order valence-electron chi connectivity index (χ0n) is 36.6. The lowest BCUT2D eigenvalue weighted by Gasteiger charge is -2.39. The molecule has 7 nitrogen and oxygen atoms in total. The Morgan fingerprint density at radius 1 is 0.435 bits per heavy atom. The van der Waals surface area contributed by atoms with Crippen molar-refractivity contribution in [2.45, 2.75) is 15.2 Å². The van der Waals surface area contributed by atoms with Gasteiger partial charge < -0.3 is 13.7 Å². The molecule has 0 saturated carbocycles. The quantitative estimate of drug-likeness (QED) is 0.166. The Labute approximate surface area is 399 Å². The Morgan fingerprint density at radius 3 is 1.46 bits per heavy atom.